The molecule has 0 aromatic heterocycles. The van der Waals surface area contributed by atoms with Crippen LogP contribution in [-0.2, 0) is 10.2 Å². The number of carbonyl (C=O) groups excluding carboxylic acids is 1. The number of hydrogen-bond acceptors (Lipinski definition) is 3. The van der Waals surface area contributed by atoms with E-state index in [0.717, 1.165) is 25.9 Å². The van der Waals surface area contributed by atoms with Gasteiger partial charge in [0.25, 0.3) is 0 Å². The lowest BCUT2D eigenvalue weighted by atomic mass is 9.78. The monoisotopic (exact) mass is 331 g/mol. The average Bonchev–Trinajstić information content (AvgIpc) is 2.40. The topological polar surface area (TPSA) is 29.5 Å². The third-order valence-corrected chi connectivity index (χ3v) is 5.14. The zero-order valence-electron chi connectivity index (χ0n) is 16.4. The summed E-state index contributed by atoms with van der Waals surface area (Å²) < 4.78 is 5.65. The summed E-state index contributed by atoms with van der Waals surface area (Å²) >= 11 is 0. The van der Waals surface area contributed by atoms with Crippen LogP contribution in [0.5, 0.6) is 0 Å². The van der Waals surface area contributed by atoms with Crippen molar-refractivity contribution in [1.29, 1.82) is 0 Å². The second kappa shape index (κ2) is 6.87. The van der Waals surface area contributed by atoms with Gasteiger partial charge in [0, 0.05) is 18.6 Å². The molecule has 1 aromatic carbocycles. The van der Waals surface area contributed by atoms with Crippen LogP contribution >= 0.6 is 0 Å². The van der Waals surface area contributed by atoms with Crippen molar-refractivity contribution >= 4 is 5.97 Å². The molecule has 24 heavy (non-hydrogen) atoms. The molecule has 1 heterocycles. The lowest BCUT2D eigenvalue weighted by Gasteiger charge is -2.46. The third kappa shape index (κ3) is 4.18. The molecular weight excluding hydrogens is 298 g/mol. The van der Waals surface area contributed by atoms with E-state index < -0.39 is 0 Å². The van der Waals surface area contributed by atoms with E-state index in [0.29, 0.717) is 5.56 Å². The molecule has 0 spiro atoms. The average molecular weight is 332 g/mol. The number of aryl methyl sites for hydroxylation is 1. The molecule has 0 bridgehead atoms. The summed E-state index contributed by atoms with van der Waals surface area (Å²) in [5.74, 6) is -0.198. The van der Waals surface area contributed by atoms with Gasteiger partial charge in [-0.15, -0.1) is 0 Å². The fourth-order valence-corrected chi connectivity index (χ4v) is 3.59. The molecule has 134 valence electrons. The van der Waals surface area contributed by atoms with Crippen molar-refractivity contribution in [3.05, 3.63) is 34.9 Å². The maximum absolute atomic E-state index is 12.4. The number of likely N-dealkylation sites (tertiary alicyclic amines) is 1. The second-order valence-electron chi connectivity index (χ2n) is 8.77. The quantitative estimate of drug-likeness (QED) is 0.732. The van der Waals surface area contributed by atoms with Gasteiger partial charge in [0.05, 0.1) is 5.56 Å². The summed E-state index contributed by atoms with van der Waals surface area (Å²) in [7, 11) is 0. The highest BCUT2D eigenvalue weighted by atomic mass is 16.5. The summed E-state index contributed by atoms with van der Waals surface area (Å²) in [6, 6.07) is 6.00. The first-order chi connectivity index (χ1) is 11.0. The van der Waals surface area contributed by atoms with Gasteiger partial charge >= 0.3 is 5.97 Å². The lowest BCUT2D eigenvalue weighted by Crippen LogP contribution is -2.60. The Kier molecular flexibility index (Phi) is 5.44. The number of nitrogens with zero attached hydrogens (tertiary/aromatic N) is 1. The van der Waals surface area contributed by atoms with Crippen molar-refractivity contribution < 1.29 is 9.53 Å². The fraction of sp³-hybridized carbons (Fsp3) is 0.667. The molecule has 0 amide bonds. The molecule has 0 N–H and O–H groups in total. The van der Waals surface area contributed by atoms with Crippen molar-refractivity contribution in [2.24, 2.45) is 0 Å². The van der Waals surface area contributed by atoms with Crippen molar-refractivity contribution in [2.75, 3.05) is 13.1 Å². The Morgan fingerprint density at radius 1 is 1.21 bits per heavy atom. The van der Waals surface area contributed by atoms with Gasteiger partial charge in [0.2, 0.25) is 0 Å². The van der Waals surface area contributed by atoms with Crippen molar-refractivity contribution in [1.82, 2.24) is 4.90 Å². The molecule has 0 unspecified atom stereocenters. The van der Waals surface area contributed by atoms with Gasteiger partial charge in [0.1, 0.15) is 6.10 Å². The van der Waals surface area contributed by atoms with E-state index in [1.807, 2.05) is 12.1 Å². The lowest BCUT2D eigenvalue weighted by molar-refractivity contribution is -0.0645. The summed E-state index contributed by atoms with van der Waals surface area (Å²) in [6.07, 6.45) is 2.32. The molecule has 1 fully saturated rings. The molecule has 0 atom stereocenters. The maximum atomic E-state index is 12.4. The Balaban J connectivity index is 2.01. The van der Waals surface area contributed by atoms with E-state index in [4.69, 9.17) is 4.74 Å². The van der Waals surface area contributed by atoms with Gasteiger partial charge in [-0.25, -0.2) is 4.79 Å². The van der Waals surface area contributed by atoms with Crippen LogP contribution in [0.15, 0.2) is 18.2 Å². The van der Waals surface area contributed by atoms with Crippen LogP contribution < -0.4 is 0 Å². The highest BCUT2D eigenvalue weighted by Gasteiger charge is 2.36. The van der Waals surface area contributed by atoms with E-state index in [9.17, 15) is 4.79 Å². The van der Waals surface area contributed by atoms with Crippen LogP contribution in [-0.4, -0.2) is 35.6 Å². The van der Waals surface area contributed by atoms with Crippen LogP contribution in [0.25, 0.3) is 0 Å². The maximum Gasteiger partial charge on any atom is 0.338 e. The van der Waals surface area contributed by atoms with Crippen LogP contribution in [0.2, 0.25) is 0 Å². The number of carbonyl (C=O) groups is 1. The first-order valence-corrected chi connectivity index (χ1v) is 9.12. The van der Waals surface area contributed by atoms with Crippen molar-refractivity contribution in [3.8, 4) is 0 Å². The van der Waals surface area contributed by atoms with E-state index >= 15 is 0 Å². The highest BCUT2D eigenvalue weighted by Crippen LogP contribution is 2.31. The summed E-state index contributed by atoms with van der Waals surface area (Å²) in [4.78, 5) is 14.7. The SMILES string of the molecule is CCCC(C)(C)c1ccc(C(=O)OC2CN(C(C)(C)C)C2)cc1C. The van der Waals surface area contributed by atoms with Gasteiger partial charge in [0.15, 0.2) is 0 Å². The summed E-state index contributed by atoms with van der Waals surface area (Å²) in [5.41, 5.74) is 3.45. The Bertz CT molecular complexity index is 592. The van der Waals surface area contributed by atoms with Gasteiger partial charge in [-0.2, -0.15) is 0 Å². The standard InChI is InChI=1S/C21H33NO2/c1-8-11-21(6,7)18-10-9-16(12-15(18)2)19(23)24-17-13-22(14-17)20(3,4)5/h9-10,12,17H,8,11,13-14H2,1-7H3. The Hall–Kier alpha value is -1.35. The van der Waals surface area contributed by atoms with Crippen LogP contribution in [0.4, 0.5) is 0 Å². The normalized spacial score (nSPS) is 16.8. The van der Waals surface area contributed by atoms with Gasteiger partial charge < -0.3 is 4.74 Å². The molecule has 1 saturated heterocycles. The van der Waals surface area contributed by atoms with Gasteiger partial charge in [-0.3, -0.25) is 4.90 Å². The molecule has 2 rings (SSSR count). The Morgan fingerprint density at radius 2 is 1.83 bits per heavy atom. The Morgan fingerprint density at radius 3 is 2.33 bits per heavy atom. The minimum Gasteiger partial charge on any atom is -0.456 e. The fourth-order valence-electron chi connectivity index (χ4n) is 3.59. The number of benzene rings is 1. The predicted molar refractivity (Wildman–Crippen MR) is 99.6 cm³/mol. The number of esters is 1. The summed E-state index contributed by atoms with van der Waals surface area (Å²) in [6.45, 7) is 17.1. The zero-order valence-corrected chi connectivity index (χ0v) is 16.4. The van der Waals surface area contributed by atoms with Crippen LogP contribution in [0.1, 0.15) is 75.9 Å². The number of rotatable bonds is 5. The van der Waals surface area contributed by atoms with Crippen molar-refractivity contribution in [2.45, 2.75) is 78.4 Å². The molecule has 1 aromatic rings. The molecule has 3 nitrogen and oxygen atoms in total. The van der Waals surface area contributed by atoms with Gasteiger partial charge in [-0.1, -0.05) is 33.3 Å². The van der Waals surface area contributed by atoms with Crippen LogP contribution in [0.3, 0.4) is 0 Å². The minimum absolute atomic E-state index is 0.0215. The zero-order chi connectivity index (χ0) is 18.1. The highest BCUT2D eigenvalue weighted by molar-refractivity contribution is 5.90. The molecule has 0 radical (unpaired) electrons. The largest absolute Gasteiger partial charge is 0.456 e. The van der Waals surface area contributed by atoms with E-state index in [-0.39, 0.29) is 23.0 Å². The third-order valence-electron chi connectivity index (χ3n) is 5.14. The minimum atomic E-state index is -0.198. The predicted octanol–water partition coefficient (Wildman–Crippen LogP) is 4.71. The molecular formula is C21H33NO2. The molecule has 1 aliphatic heterocycles. The van der Waals surface area contributed by atoms with E-state index in [2.05, 4.69) is 59.4 Å². The first kappa shape index (κ1) is 19.0. The Labute approximate surface area is 147 Å². The number of hydrogen-bond donors (Lipinski definition) is 0. The van der Waals surface area contributed by atoms with Crippen molar-refractivity contribution in [3.63, 3.8) is 0 Å². The van der Waals surface area contributed by atoms with Gasteiger partial charge in [-0.05, 0) is 62.8 Å². The van der Waals surface area contributed by atoms with E-state index in [1.165, 1.54) is 11.1 Å². The molecule has 1 aliphatic rings. The molecule has 0 aliphatic carbocycles. The van der Waals surface area contributed by atoms with Crippen LogP contribution in [0, 0.1) is 6.92 Å². The summed E-state index contributed by atoms with van der Waals surface area (Å²) in [5, 5.41) is 0. The number of ether oxygens (including phenoxy) is 1. The molecule has 0 saturated carbocycles. The van der Waals surface area contributed by atoms with E-state index in [1.54, 1.807) is 0 Å². The smallest absolute Gasteiger partial charge is 0.338 e. The molecule has 3 heteroatoms. The first-order valence-electron chi connectivity index (χ1n) is 9.12. The second-order valence-corrected chi connectivity index (χ2v) is 8.77.